The molecular formula is C42H26BN3O2Pt. The smallest absolute Gasteiger partial charge is 0.503 e. The summed E-state index contributed by atoms with van der Waals surface area (Å²) in [6.07, 6.45) is 1.86. The van der Waals surface area contributed by atoms with Gasteiger partial charge in [-0.1, -0.05) is 60.7 Å². The van der Waals surface area contributed by atoms with Gasteiger partial charge in [0.05, 0.1) is 16.9 Å². The van der Waals surface area contributed by atoms with Gasteiger partial charge in [-0.15, -0.1) is 58.5 Å². The number of pyridine rings is 1. The molecule has 2 aliphatic heterocycles. The standard InChI is InChI=1S/C42H26BN3O2.Pt/c1-25-9-7-10-26(2)41(25)46-34-14-6-5-13-33(34)45-42(46)29-18-20-36-32(24-29)43-31-23-28(40-30-12-4-3-11-27(30)21-22-44-40)17-19-35(31)47-37-15-8-16-38(48-36)39(37)43;/h3-22H,1-2H3;/q-2;+2. The number of hydrogen-bond acceptors (Lipinski definition) is 4. The molecule has 0 aliphatic carbocycles. The molecule has 2 aromatic heterocycles. The molecule has 0 saturated heterocycles. The molecule has 0 bridgehead atoms. The number of hydrogen-bond donors (Lipinski definition) is 0. The summed E-state index contributed by atoms with van der Waals surface area (Å²) >= 11 is 0. The van der Waals surface area contributed by atoms with Crippen LogP contribution in [0.3, 0.4) is 0 Å². The number of fused-ring (bicyclic) bond motifs is 6. The van der Waals surface area contributed by atoms with Crippen LogP contribution in [-0.4, -0.2) is 21.2 Å². The van der Waals surface area contributed by atoms with Crippen LogP contribution in [0.4, 0.5) is 0 Å². The van der Waals surface area contributed by atoms with Gasteiger partial charge in [0.25, 0.3) is 0 Å². The van der Waals surface area contributed by atoms with Gasteiger partial charge in [-0.05, 0) is 71.8 Å². The second-order valence-corrected chi connectivity index (χ2v) is 12.5. The third-order valence-corrected chi connectivity index (χ3v) is 9.60. The normalized spacial score (nSPS) is 12.4. The van der Waals surface area contributed by atoms with E-state index in [2.05, 4.69) is 109 Å². The Morgan fingerprint density at radius 1 is 0.633 bits per heavy atom. The van der Waals surface area contributed by atoms with Crippen molar-refractivity contribution in [2.24, 2.45) is 0 Å². The second kappa shape index (κ2) is 11.3. The van der Waals surface area contributed by atoms with E-state index in [1.807, 2.05) is 42.6 Å². The molecule has 5 nitrogen and oxygen atoms in total. The van der Waals surface area contributed by atoms with Gasteiger partial charge in [-0.3, -0.25) is 4.98 Å². The van der Waals surface area contributed by atoms with Crippen molar-refractivity contribution in [1.29, 1.82) is 0 Å². The van der Waals surface area contributed by atoms with Gasteiger partial charge < -0.3 is 19.0 Å². The number of ether oxygens (including phenoxy) is 2. The van der Waals surface area contributed by atoms with E-state index < -0.39 is 0 Å². The molecule has 7 heteroatoms. The summed E-state index contributed by atoms with van der Waals surface area (Å²) in [6, 6.07) is 46.9. The Morgan fingerprint density at radius 2 is 1.29 bits per heavy atom. The van der Waals surface area contributed by atoms with Crippen molar-refractivity contribution in [2.75, 3.05) is 0 Å². The summed E-state index contributed by atoms with van der Waals surface area (Å²) in [5.74, 6) is 3.92. The fraction of sp³-hybridized carbons (Fsp3) is 0.0476. The summed E-state index contributed by atoms with van der Waals surface area (Å²) in [5.41, 5.74) is 11.0. The zero-order valence-corrected chi connectivity index (χ0v) is 28.9. The SMILES string of the molecule is Cc1cccc(C)c1-n1c(-c2[c-]c3c(cc2)Oc2cccc4c2B3c2[c-]c(-c3nccc5ccccc35)ccc2O4)nc2ccccc21.[Pt+2]. The maximum atomic E-state index is 6.55. The average molecular weight is 811 g/mol. The van der Waals surface area contributed by atoms with Crippen LogP contribution in [0.5, 0.6) is 23.0 Å². The third-order valence-electron chi connectivity index (χ3n) is 9.60. The molecule has 0 atom stereocenters. The summed E-state index contributed by atoms with van der Waals surface area (Å²) in [4.78, 5) is 10.0. The van der Waals surface area contributed by atoms with Crippen molar-refractivity contribution in [1.82, 2.24) is 14.5 Å². The van der Waals surface area contributed by atoms with Crippen LogP contribution in [0.1, 0.15) is 11.1 Å². The van der Waals surface area contributed by atoms with Crippen LogP contribution in [0.2, 0.25) is 0 Å². The van der Waals surface area contributed by atoms with Crippen LogP contribution in [0, 0.1) is 26.0 Å². The summed E-state index contributed by atoms with van der Waals surface area (Å²) < 4.78 is 15.3. The molecule has 0 spiro atoms. The minimum absolute atomic E-state index is 0. The van der Waals surface area contributed by atoms with Crippen molar-refractivity contribution in [2.45, 2.75) is 13.8 Å². The third kappa shape index (κ3) is 4.51. The Kier molecular flexibility index (Phi) is 6.86. The molecule has 0 amide bonds. The van der Waals surface area contributed by atoms with Crippen molar-refractivity contribution in [3.05, 3.63) is 145 Å². The maximum Gasteiger partial charge on any atom is 2.00 e. The second-order valence-electron chi connectivity index (χ2n) is 12.5. The zero-order chi connectivity index (χ0) is 31.9. The van der Waals surface area contributed by atoms with Crippen molar-refractivity contribution >= 4 is 44.9 Å². The number of rotatable bonds is 3. The first kappa shape index (κ1) is 29.7. The Balaban J connectivity index is 0.00000325. The van der Waals surface area contributed by atoms with E-state index in [1.165, 1.54) is 11.1 Å². The largest absolute Gasteiger partial charge is 2.00 e. The minimum Gasteiger partial charge on any atom is -0.503 e. The summed E-state index contributed by atoms with van der Waals surface area (Å²) in [7, 11) is 0. The maximum absolute atomic E-state index is 6.55. The number of para-hydroxylation sites is 3. The molecule has 10 rings (SSSR count). The molecule has 4 heterocycles. The Bertz CT molecular complexity index is 2590. The monoisotopic (exact) mass is 810 g/mol. The molecule has 8 aromatic rings. The Labute approximate surface area is 298 Å². The van der Waals surface area contributed by atoms with E-state index in [0.717, 1.165) is 89.5 Å². The molecule has 0 saturated carbocycles. The molecule has 234 valence electrons. The topological polar surface area (TPSA) is 49.2 Å². The predicted octanol–water partition coefficient (Wildman–Crippen LogP) is 7.85. The molecule has 0 N–H and O–H groups in total. The van der Waals surface area contributed by atoms with Gasteiger partial charge in [0.1, 0.15) is 11.5 Å². The fourth-order valence-electron chi connectivity index (χ4n) is 7.45. The first-order valence-corrected chi connectivity index (χ1v) is 16.1. The Morgan fingerprint density at radius 3 is 2.06 bits per heavy atom. The summed E-state index contributed by atoms with van der Waals surface area (Å²) in [5, 5.41) is 2.22. The van der Waals surface area contributed by atoms with Gasteiger partial charge in [-0.2, -0.15) is 0 Å². The molecule has 2 aliphatic rings. The fourth-order valence-corrected chi connectivity index (χ4v) is 7.45. The van der Waals surface area contributed by atoms with E-state index in [4.69, 9.17) is 19.4 Å². The first-order valence-electron chi connectivity index (χ1n) is 16.1. The predicted molar refractivity (Wildman–Crippen MR) is 192 cm³/mol. The van der Waals surface area contributed by atoms with E-state index in [-0.39, 0.29) is 27.8 Å². The van der Waals surface area contributed by atoms with Crippen LogP contribution in [0.15, 0.2) is 121 Å². The van der Waals surface area contributed by atoms with Gasteiger partial charge in [0.15, 0.2) is 0 Å². The van der Waals surface area contributed by atoms with Crippen molar-refractivity contribution in [3.8, 4) is 51.3 Å². The van der Waals surface area contributed by atoms with Crippen LogP contribution >= 0.6 is 0 Å². The Hall–Kier alpha value is -5.45. The van der Waals surface area contributed by atoms with Crippen LogP contribution < -0.4 is 25.9 Å². The molecule has 6 aromatic carbocycles. The number of nitrogens with zero attached hydrogens (tertiary/aromatic N) is 3. The van der Waals surface area contributed by atoms with Gasteiger partial charge in [0.2, 0.25) is 6.71 Å². The van der Waals surface area contributed by atoms with Crippen LogP contribution in [0.25, 0.3) is 50.1 Å². The quantitative estimate of drug-likeness (QED) is 0.135. The van der Waals surface area contributed by atoms with E-state index in [0.29, 0.717) is 0 Å². The zero-order valence-electron chi connectivity index (χ0n) is 26.6. The number of aryl methyl sites for hydroxylation is 2. The van der Waals surface area contributed by atoms with Crippen molar-refractivity contribution < 1.29 is 30.5 Å². The van der Waals surface area contributed by atoms with E-state index in [9.17, 15) is 0 Å². The molecule has 0 fully saturated rings. The van der Waals surface area contributed by atoms with Crippen LogP contribution in [-0.2, 0) is 21.1 Å². The van der Waals surface area contributed by atoms with Gasteiger partial charge >= 0.3 is 21.1 Å². The number of aromatic nitrogens is 3. The number of benzene rings is 6. The van der Waals surface area contributed by atoms with Crippen molar-refractivity contribution in [3.63, 3.8) is 0 Å². The number of imidazole rings is 1. The average Bonchev–Trinajstić information content (AvgIpc) is 3.50. The minimum atomic E-state index is -0.211. The van der Waals surface area contributed by atoms with Gasteiger partial charge in [0, 0.05) is 28.8 Å². The summed E-state index contributed by atoms with van der Waals surface area (Å²) in [6.45, 7) is 4.10. The molecule has 0 radical (unpaired) electrons. The molecular weight excluding hydrogens is 784 g/mol. The van der Waals surface area contributed by atoms with E-state index in [1.54, 1.807) is 0 Å². The first-order chi connectivity index (χ1) is 23.6. The van der Waals surface area contributed by atoms with Gasteiger partial charge in [-0.25, -0.2) is 0 Å². The van der Waals surface area contributed by atoms with E-state index >= 15 is 0 Å². The molecule has 49 heavy (non-hydrogen) atoms. The molecule has 0 unspecified atom stereocenters.